The van der Waals surface area contributed by atoms with Crippen LogP contribution in [0.3, 0.4) is 0 Å². The van der Waals surface area contributed by atoms with Crippen LogP contribution in [0.1, 0.15) is 60.9 Å². The molecule has 0 bridgehead atoms. The smallest absolute Gasteiger partial charge is 0.275 e. The van der Waals surface area contributed by atoms with E-state index >= 15 is 0 Å². The zero-order valence-corrected chi connectivity index (χ0v) is 24.0. The van der Waals surface area contributed by atoms with Crippen LogP contribution < -0.4 is 15.5 Å². The molecular weight excluding hydrogens is 506 g/mol. The summed E-state index contributed by atoms with van der Waals surface area (Å²) in [7, 11) is 4.22. The Hall–Kier alpha value is -2.75. The summed E-state index contributed by atoms with van der Waals surface area (Å²) < 4.78 is 0. The van der Waals surface area contributed by atoms with Crippen molar-refractivity contribution in [2.45, 2.75) is 52.9 Å². The van der Waals surface area contributed by atoms with Crippen molar-refractivity contribution >= 4 is 51.3 Å². The van der Waals surface area contributed by atoms with Crippen LogP contribution in [0, 0.1) is 13.8 Å². The van der Waals surface area contributed by atoms with E-state index in [1.807, 2.05) is 39.1 Å². The van der Waals surface area contributed by atoms with E-state index in [9.17, 15) is 4.79 Å². The first-order chi connectivity index (χ1) is 17.8. The van der Waals surface area contributed by atoms with Gasteiger partial charge in [-0.1, -0.05) is 56.3 Å². The number of amides is 1. The second-order valence-electron chi connectivity index (χ2n) is 9.35. The molecule has 0 saturated heterocycles. The number of benzene rings is 1. The van der Waals surface area contributed by atoms with E-state index < -0.39 is 0 Å². The number of carbonyl (C=O) groups is 1. The van der Waals surface area contributed by atoms with E-state index in [4.69, 9.17) is 11.6 Å². The van der Waals surface area contributed by atoms with Gasteiger partial charge in [0.05, 0.1) is 10.7 Å². The summed E-state index contributed by atoms with van der Waals surface area (Å²) >= 11 is 7.58. The summed E-state index contributed by atoms with van der Waals surface area (Å²) in [5.41, 5.74) is 1.80. The number of likely N-dealkylation sites (N-methyl/N-ethyl adjacent to an activating group) is 2. The van der Waals surface area contributed by atoms with Gasteiger partial charge in [0.25, 0.3) is 5.91 Å². The average Bonchev–Trinajstić information content (AvgIpc) is 3.33. The van der Waals surface area contributed by atoms with Crippen LogP contribution in [0.25, 0.3) is 0 Å². The summed E-state index contributed by atoms with van der Waals surface area (Å²) in [6.45, 7) is 8.96. The van der Waals surface area contributed by atoms with Crippen molar-refractivity contribution in [1.82, 2.24) is 19.9 Å². The fourth-order valence-corrected chi connectivity index (χ4v) is 4.82. The number of aromatic nitrogens is 3. The van der Waals surface area contributed by atoms with Gasteiger partial charge in [-0.25, -0.2) is 15.0 Å². The van der Waals surface area contributed by atoms with E-state index in [1.165, 1.54) is 43.4 Å². The first-order valence-corrected chi connectivity index (χ1v) is 14.1. The van der Waals surface area contributed by atoms with Gasteiger partial charge in [0, 0.05) is 31.6 Å². The lowest BCUT2D eigenvalue weighted by Gasteiger charge is -2.23. The van der Waals surface area contributed by atoms with Gasteiger partial charge in [0.15, 0.2) is 5.13 Å². The number of nitrogens with zero attached hydrogens (tertiary/aromatic N) is 5. The van der Waals surface area contributed by atoms with Crippen LogP contribution in [-0.4, -0.2) is 59.5 Å². The molecule has 2 aromatic heterocycles. The highest BCUT2D eigenvalue weighted by Crippen LogP contribution is 2.27. The molecule has 37 heavy (non-hydrogen) atoms. The zero-order chi connectivity index (χ0) is 26.8. The molecule has 2 heterocycles. The Bertz CT molecular complexity index is 1150. The molecule has 8 nitrogen and oxygen atoms in total. The minimum Gasteiger partial charge on any atom is -0.358 e. The van der Waals surface area contributed by atoms with Crippen LogP contribution in [0.2, 0.25) is 5.02 Å². The van der Waals surface area contributed by atoms with Gasteiger partial charge in [-0.15, -0.1) is 11.3 Å². The highest BCUT2D eigenvalue weighted by Gasteiger charge is 2.15. The van der Waals surface area contributed by atoms with Gasteiger partial charge >= 0.3 is 0 Å². The number of hydrogen-bond donors (Lipinski definition) is 2. The number of nitrogens with one attached hydrogen (secondary N) is 2. The maximum atomic E-state index is 12.7. The Morgan fingerprint density at radius 1 is 1.03 bits per heavy atom. The molecule has 0 aliphatic heterocycles. The predicted octanol–water partition coefficient (Wildman–Crippen LogP) is 6.54. The summed E-state index contributed by atoms with van der Waals surface area (Å²) in [6, 6.07) is 7.40. The number of anilines is 4. The van der Waals surface area contributed by atoms with Crippen LogP contribution in [0.4, 0.5) is 22.5 Å². The Morgan fingerprint density at radius 2 is 1.81 bits per heavy atom. The van der Waals surface area contributed by atoms with Gasteiger partial charge in [-0.2, -0.15) is 0 Å². The second-order valence-corrected chi connectivity index (χ2v) is 10.6. The molecule has 1 amide bonds. The fraction of sp³-hybridized carbons (Fsp3) is 0.481. The molecule has 0 aliphatic carbocycles. The van der Waals surface area contributed by atoms with Crippen molar-refractivity contribution in [2.24, 2.45) is 0 Å². The largest absolute Gasteiger partial charge is 0.358 e. The Morgan fingerprint density at radius 3 is 2.57 bits per heavy atom. The first-order valence-electron chi connectivity index (χ1n) is 12.8. The van der Waals surface area contributed by atoms with Gasteiger partial charge in [-0.3, -0.25) is 4.79 Å². The van der Waals surface area contributed by atoms with Crippen molar-refractivity contribution in [3.8, 4) is 0 Å². The Kier molecular flexibility index (Phi) is 11.1. The molecule has 2 N–H and O–H groups in total. The minimum absolute atomic E-state index is 0.311. The third-order valence-corrected chi connectivity index (χ3v) is 7.18. The van der Waals surface area contributed by atoms with Crippen molar-refractivity contribution in [3.05, 3.63) is 51.7 Å². The molecule has 0 saturated carbocycles. The third kappa shape index (κ3) is 8.94. The van der Waals surface area contributed by atoms with Crippen LogP contribution >= 0.6 is 22.9 Å². The van der Waals surface area contributed by atoms with Crippen LogP contribution in [0.15, 0.2) is 29.6 Å². The number of para-hydroxylation sites is 1. The zero-order valence-electron chi connectivity index (χ0n) is 22.5. The average molecular weight is 544 g/mol. The lowest BCUT2D eigenvalue weighted by Crippen LogP contribution is -2.32. The molecule has 0 atom stereocenters. The molecule has 10 heteroatoms. The van der Waals surface area contributed by atoms with Crippen molar-refractivity contribution in [3.63, 3.8) is 0 Å². The summed E-state index contributed by atoms with van der Waals surface area (Å²) in [4.78, 5) is 30.8. The molecule has 200 valence electrons. The molecule has 1 aromatic carbocycles. The Labute approximate surface area is 229 Å². The second kappa shape index (κ2) is 14.3. The molecule has 0 spiro atoms. The number of rotatable bonds is 14. The molecular formula is C27H38ClN7OS. The molecule has 0 radical (unpaired) electrons. The highest BCUT2D eigenvalue weighted by atomic mass is 35.5. The van der Waals surface area contributed by atoms with E-state index in [0.29, 0.717) is 33.2 Å². The van der Waals surface area contributed by atoms with Gasteiger partial charge in [0.1, 0.15) is 23.2 Å². The number of hydrogen-bond acceptors (Lipinski definition) is 8. The quantitative estimate of drug-likeness (QED) is 0.223. The monoisotopic (exact) mass is 543 g/mol. The van der Waals surface area contributed by atoms with Crippen molar-refractivity contribution < 1.29 is 4.79 Å². The number of thiazole rings is 1. The lowest BCUT2D eigenvalue weighted by molar-refractivity contribution is 0.102. The van der Waals surface area contributed by atoms with E-state index in [1.54, 1.807) is 11.4 Å². The molecule has 0 aliphatic rings. The normalized spacial score (nSPS) is 11.1. The number of unbranched alkanes of at least 4 members (excludes halogenated alkanes) is 4. The number of carbonyl (C=O) groups excluding carboxylic acids is 1. The SMILES string of the molecule is CCCCCCCN(C)CCN(C)c1cc(Nc2nc(C(=O)Nc3c(C)cccc3Cl)cs2)nc(C)n1. The Balaban J connectivity index is 1.56. The molecule has 0 fully saturated rings. The summed E-state index contributed by atoms with van der Waals surface area (Å²) in [5.74, 6) is 1.84. The van der Waals surface area contributed by atoms with Crippen LogP contribution in [0.5, 0.6) is 0 Å². The van der Waals surface area contributed by atoms with E-state index in [0.717, 1.165) is 31.0 Å². The maximum absolute atomic E-state index is 12.7. The predicted molar refractivity (Wildman–Crippen MR) is 156 cm³/mol. The summed E-state index contributed by atoms with van der Waals surface area (Å²) in [6.07, 6.45) is 6.47. The molecule has 3 rings (SSSR count). The number of halogens is 1. The lowest BCUT2D eigenvalue weighted by atomic mass is 10.1. The van der Waals surface area contributed by atoms with Gasteiger partial charge in [0.2, 0.25) is 0 Å². The van der Waals surface area contributed by atoms with Gasteiger partial charge < -0.3 is 20.4 Å². The van der Waals surface area contributed by atoms with E-state index in [-0.39, 0.29) is 5.91 Å². The standard InChI is InChI=1S/C27H38ClN7OS/c1-6-7-8-9-10-14-34(4)15-16-35(5)24-17-23(29-20(3)30-24)32-27-31-22(18-37-27)26(36)33-25-19(2)12-11-13-21(25)28/h11-13,17-18H,6-10,14-16H2,1-5H3,(H,33,36)(H,29,30,31,32). The summed E-state index contributed by atoms with van der Waals surface area (Å²) in [5, 5.41) is 8.87. The fourth-order valence-electron chi connectivity index (χ4n) is 3.86. The van der Waals surface area contributed by atoms with Crippen LogP contribution in [-0.2, 0) is 0 Å². The first kappa shape index (κ1) is 28.8. The van der Waals surface area contributed by atoms with Crippen molar-refractivity contribution in [1.29, 1.82) is 0 Å². The molecule has 0 unspecified atom stereocenters. The van der Waals surface area contributed by atoms with Gasteiger partial charge in [-0.05, 0) is 45.5 Å². The molecule has 3 aromatic rings. The highest BCUT2D eigenvalue weighted by molar-refractivity contribution is 7.14. The number of aryl methyl sites for hydroxylation is 2. The maximum Gasteiger partial charge on any atom is 0.275 e. The third-order valence-electron chi connectivity index (χ3n) is 6.11. The topological polar surface area (TPSA) is 86.3 Å². The minimum atomic E-state index is -0.311. The van der Waals surface area contributed by atoms with E-state index in [2.05, 4.69) is 49.4 Å². The van der Waals surface area contributed by atoms with Crippen molar-refractivity contribution in [2.75, 3.05) is 49.3 Å².